The lowest BCUT2D eigenvalue weighted by Gasteiger charge is -2.34. The van der Waals surface area contributed by atoms with E-state index in [1.807, 2.05) is 0 Å². The lowest BCUT2D eigenvalue weighted by atomic mass is 9.68. The molecule has 3 aliphatic rings. The minimum absolute atomic E-state index is 0.0567. The fourth-order valence-corrected chi connectivity index (χ4v) is 12.7. The van der Waals surface area contributed by atoms with Gasteiger partial charge in [-0.3, -0.25) is 0 Å². The van der Waals surface area contributed by atoms with Crippen molar-refractivity contribution in [3.8, 4) is 55.6 Å². The highest BCUT2D eigenvalue weighted by molar-refractivity contribution is 6.02. The number of para-hydroxylation sites is 1. The van der Waals surface area contributed by atoms with E-state index in [-0.39, 0.29) is 10.8 Å². The van der Waals surface area contributed by atoms with Gasteiger partial charge in [0.2, 0.25) is 0 Å². The van der Waals surface area contributed by atoms with Gasteiger partial charge in [-0.2, -0.15) is 0 Å². The Kier molecular flexibility index (Phi) is 8.89. The third kappa shape index (κ3) is 5.63. The first-order chi connectivity index (χ1) is 33.3. The zero-order chi connectivity index (χ0) is 45.8. The molecule has 0 N–H and O–H groups in total. The molecule has 0 aliphatic heterocycles. The summed E-state index contributed by atoms with van der Waals surface area (Å²) in [7, 11) is 0. The fraction of sp³-hybridized carbons (Fsp3) is 0.104. The molecule has 68 heavy (non-hydrogen) atoms. The Morgan fingerprint density at radius 1 is 0.279 bits per heavy atom. The molecule has 13 rings (SSSR count). The third-order valence-electron chi connectivity index (χ3n) is 15.8. The third-order valence-corrected chi connectivity index (χ3v) is 15.8. The molecule has 324 valence electrons. The monoisotopic (exact) mass is 869 g/mol. The summed E-state index contributed by atoms with van der Waals surface area (Å²) in [5, 5.41) is 0. The van der Waals surface area contributed by atoms with Gasteiger partial charge in [-0.15, -0.1) is 0 Å². The van der Waals surface area contributed by atoms with Crippen LogP contribution in [0.4, 0.5) is 17.1 Å². The number of hydrogen-bond acceptors (Lipinski definition) is 1. The maximum absolute atomic E-state index is 2.57. The Morgan fingerprint density at radius 3 is 1.47 bits per heavy atom. The molecule has 0 aromatic heterocycles. The molecule has 0 saturated heterocycles. The van der Waals surface area contributed by atoms with Crippen molar-refractivity contribution >= 4 is 17.1 Å². The van der Waals surface area contributed by atoms with Crippen LogP contribution in [-0.2, 0) is 16.2 Å². The minimum atomic E-state index is -0.540. The molecule has 0 fully saturated rings. The van der Waals surface area contributed by atoms with E-state index in [1.54, 1.807) is 0 Å². The average molecular weight is 870 g/mol. The molecule has 0 heterocycles. The zero-order valence-corrected chi connectivity index (χ0v) is 39.0. The molecule has 3 aliphatic carbocycles. The first kappa shape index (κ1) is 40.3. The van der Waals surface area contributed by atoms with Gasteiger partial charge in [0.1, 0.15) is 0 Å². The van der Waals surface area contributed by atoms with Crippen LogP contribution >= 0.6 is 0 Å². The maximum Gasteiger partial charge on any atom is 0.0714 e. The van der Waals surface area contributed by atoms with Crippen LogP contribution < -0.4 is 4.90 Å². The predicted molar refractivity (Wildman–Crippen MR) is 284 cm³/mol. The van der Waals surface area contributed by atoms with Gasteiger partial charge in [0.05, 0.1) is 16.8 Å². The summed E-state index contributed by atoms with van der Waals surface area (Å²) < 4.78 is 0. The molecule has 1 heteroatoms. The van der Waals surface area contributed by atoms with Crippen LogP contribution in [0.15, 0.2) is 237 Å². The van der Waals surface area contributed by atoms with Gasteiger partial charge in [0, 0.05) is 27.6 Å². The van der Waals surface area contributed by atoms with Crippen molar-refractivity contribution in [3.63, 3.8) is 0 Å². The Hall–Kier alpha value is -8.00. The lowest BCUT2D eigenvalue weighted by Crippen LogP contribution is -2.28. The first-order valence-corrected chi connectivity index (χ1v) is 24.1. The molecule has 1 nitrogen and oxygen atoms in total. The first-order valence-electron chi connectivity index (χ1n) is 24.1. The summed E-state index contributed by atoms with van der Waals surface area (Å²) in [6.07, 6.45) is 0. The second kappa shape index (κ2) is 15.0. The number of rotatable bonds is 7. The quantitative estimate of drug-likeness (QED) is 0.154. The molecule has 10 aromatic carbocycles. The normalized spacial score (nSPS) is 14.8. The summed E-state index contributed by atoms with van der Waals surface area (Å²) in [6, 6.07) is 88.8. The topological polar surface area (TPSA) is 3.24 Å². The molecule has 0 amide bonds. The molecule has 0 saturated carbocycles. The van der Waals surface area contributed by atoms with Crippen molar-refractivity contribution in [2.24, 2.45) is 0 Å². The van der Waals surface area contributed by atoms with Crippen LogP contribution in [0, 0.1) is 0 Å². The van der Waals surface area contributed by atoms with Crippen molar-refractivity contribution in [3.05, 3.63) is 281 Å². The van der Waals surface area contributed by atoms with Crippen molar-refractivity contribution in [2.45, 2.75) is 43.9 Å². The standard InChI is InChI=1S/C67H51N/c1-65(2)55-33-15-11-28-49(55)54-43-45(40-41-57(54)65)44-22-19-27-48(42-44)68(61-38-18-14-29-50(61)51-32-20-36-59-63(51)52-30-12-16-34-56(52)66(59,3)4)62-39-21-37-60-64(62)53-31-13-17-35-58(53)67(60,46-23-7-5-8-24-46)47-25-9-6-10-26-47/h5-43H,1-4H3. The van der Waals surface area contributed by atoms with E-state index in [1.165, 1.54) is 100 Å². The van der Waals surface area contributed by atoms with E-state index in [0.717, 1.165) is 17.1 Å². The number of hydrogen-bond donors (Lipinski definition) is 0. The number of nitrogens with zero attached hydrogens (tertiary/aromatic N) is 1. The highest BCUT2D eigenvalue weighted by atomic mass is 15.1. The average Bonchev–Trinajstić information content (AvgIpc) is 3.92. The molecule has 0 unspecified atom stereocenters. The van der Waals surface area contributed by atoms with Crippen LogP contribution in [0.3, 0.4) is 0 Å². The highest BCUT2D eigenvalue weighted by Gasteiger charge is 2.47. The van der Waals surface area contributed by atoms with Gasteiger partial charge >= 0.3 is 0 Å². The summed E-state index contributed by atoms with van der Waals surface area (Å²) in [5.74, 6) is 0. The lowest BCUT2D eigenvalue weighted by molar-refractivity contribution is 0.660. The fourth-order valence-electron chi connectivity index (χ4n) is 12.7. The van der Waals surface area contributed by atoms with Gasteiger partial charge in [0.25, 0.3) is 0 Å². The van der Waals surface area contributed by atoms with E-state index >= 15 is 0 Å². The van der Waals surface area contributed by atoms with Crippen molar-refractivity contribution in [2.75, 3.05) is 4.90 Å². The summed E-state index contributed by atoms with van der Waals surface area (Å²) in [6.45, 7) is 9.46. The van der Waals surface area contributed by atoms with Crippen molar-refractivity contribution < 1.29 is 0 Å². The second-order valence-electron chi connectivity index (χ2n) is 20.0. The minimum Gasteiger partial charge on any atom is -0.309 e. The Balaban J connectivity index is 1.09. The second-order valence-corrected chi connectivity index (χ2v) is 20.0. The molecule has 10 aromatic rings. The van der Waals surface area contributed by atoms with Gasteiger partial charge < -0.3 is 4.90 Å². The van der Waals surface area contributed by atoms with Gasteiger partial charge in [0.15, 0.2) is 0 Å². The van der Waals surface area contributed by atoms with E-state index in [4.69, 9.17) is 0 Å². The number of anilines is 3. The summed E-state index contributed by atoms with van der Waals surface area (Å²) in [5.41, 5.74) is 25.9. The predicted octanol–water partition coefficient (Wildman–Crippen LogP) is 17.5. The summed E-state index contributed by atoms with van der Waals surface area (Å²) >= 11 is 0. The van der Waals surface area contributed by atoms with Crippen molar-refractivity contribution in [1.82, 2.24) is 0 Å². The SMILES string of the molecule is CC1(C)c2ccccc2-c2cc(-c3cccc(N(c4ccccc4-c4cccc5c4-c4ccccc4C5(C)C)c4cccc5c4-c4ccccc4C5(c4ccccc4)c4ccccc4)c3)ccc21. The Bertz CT molecular complexity index is 3590. The molecule has 0 spiro atoms. The van der Waals surface area contributed by atoms with Gasteiger partial charge in [-0.05, 0) is 119 Å². The van der Waals surface area contributed by atoms with Crippen LogP contribution in [0.2, 0.25) is 0 Å². The smallest absolute Gasteiger partial charge is 0.0714 e. The Morgan fingerprint density at radius 2 is 0.750 bits per heavy atom. The van der Waals surface area contributed by atoms with Crippen LogP contribution in [-0.4, -0.2) is 0 Å². The molecule has 0 atom stereocenters. The molecule has 0 bridgehead atoms. The van der Waals surface area contributed by atoms with Crippen LogP contribution in [0.25, 0.3) is 55.6 Å². The number of fused-ring (bicyclic) bond motifs is 9. The Labute approximate surface area is 400 Å². The maximum atomic E-state index is 2.57. The largest absolute Gasteiger partial charge is 0.309 e. The summed E-state index contributed by atoms with van der Waals surface area (Å²) in [4.78, 5) is 2.57. The zero-order valence-electron chi connectivity index (χ0n) is 39.0. The van der Waals surface area contributed by atoms with E-state index < -0.39 is 5.41 Å². The van der Waals surface area contributed by atoms with Crippen LogP contribution in [0.1, 0.15) is 72.2 Å². The molecule has 0 radical (unpaired) electrons. The van der Waals surface area contributed by atoms with Gasteiger partial charge in [-0.1, -0.05) is 234 Å². The number of benzene rings is 10. The molecular formula is C67H51N. The van der Waals surface area contributed by atoms with E-state index in [0.29, 0.717) is 0 Å². The van der Waals surface area contributed by atoms with Crippen LogP contribution in [0.5, 0.6) is 0 Å². The molecular weight excluding hydrogens is 819 g/mol. The van der Waals surface area contributed by atoms with E-state index in [9.17, 15) is 0 Å². The highest BCUT2D eigenvalue weighted by Crippen LogP contribution is 2.61. The van der Waals surface area contributed by atoms with Gasteiger partial charge in [-0.25, -0.2) is 0 Å². The van der Waals surface area contributed by atoms with Crippen molar-refractivity contribution in [1.29, 1.82) is 0 Å². The van der Waals surface area contributed by atoms with E-state index in [2.05, 4.69) is 269 Å².